The lowest BCUT2D eigenvalue weighted by atomic mass is 9.78. The van der Waals surface area contributed by atoms with E-state index in [1.54, 1.807) is 26.0 Å². The molecular weight excluding hydrogens is 258 g/mol. The highest BCUT2D eigenvalue weighted by molar-refractivity contribution is 7.98. The fraction of sp³-hybridized carbons (Fsp3) is 0.600. The second-order valence-electron chi connectivity index (χ2n) is 5.10. The van der Waals surface area contributed by atoms with E-state index in [0.717, 1.165) is 29.2 Å². The highest BCUT2D eigenvalue weighted by atomic mass is 32.2. The molecule has 106 valence electrons. The molecule has 0 saturated heterocycles. The van der Waals surface area contributed by atoms with Crippen molar-refractivity contribution in [1.29, 1.82) is 0 Å². The number of nitrogens with two attached hydrogens (primary N) is 1. The predicted molar refractivity (Wildman–Crippen MR) is 80.5 cm³/mol. The highest BCUT2D eigenvalue weighted by Crippen LogP contribution is 2.48. The van der Waals surface area contributed by atoms with Gasteiger partial charge in [0.2, 0.25) is 0 Å². The SMILES string of the molecule is COc1cc(SC)c(OC)c(C2(CN)CCCC2)c1. The summed E-state index contributed by atoms with van der Waals surface area (Å²) in [7, 11) is 3.45. The van der Waals surface area contributed by atoms with Crippen molar-refractivity contribution in [3.63, 3.8) is 0 Å². The van der Waals surface area contributed by atoms with E-state index < -0.39 is 0 Å². The molecule has 3 nitrogen and oxygen atoms in total. The van der Waals surface area contributed by atoms with Gasteiger partial charge >= 0.3 is 0 Å². The Labute approximate surface area is 119 Å². The maximum absolute atomic E-state index is 6.10. The van der Waals surface area contributed by atoms with E-state index in [1.165, 1.54) is 18.4 Å². The number of methoxy groups -OCH3 is 2. The van der Waals surface area contributed by atoms with Crippen LogP contribution in [0.2, 0.25) is 0 Å². The summed E-state index contributed by atoms with van der Waals surface area (Å²) >= 11 is 1.69. The number of ether oxygens (including phenoxy) is 2. The third-order valence-electron chi connectivity index (χ3n) is 4.21. The minimum Gasteiger partial charge on any atom is -0.497 e. The van der Waals surface area contributed by atoms with Gasteiger partial charge in [-0.15, -0.1) is 11.8 Å². The Bertz CT molecular complexity index is 442. The molecule has 0 unspecified atom stereocenters. The van der Waals surface area contributed by atoms with E-state index >= 15 is 0 Å². The van der Waals surface area contributed by atoms with Gasteiger partial charge in [-0.25, -0.2) is 0 Å². The summed E-state index contributed by atoms with van der Waals surface area (Å²) in [6.45, 7) is 0.671. The smallest absolute Gasteiger partial charge is 0.136 e. The van der Waals surface area contributed by atoms with Crippen LogP contribution in [0.25, 0.3) is 0 Å². The minimum absolute atomic E-state index is 0.0599. The molecule has 0 aromatic heterocycles. The molecule has 19 heavy (non-hydrogen) atoms. The molecule has 0 spiro atoms. The highest BCUT2D eigenvalue weighted by Gasteiger charge is 2.37. The van der Waals surface area contributed by atoms with Crippen molar-refractivity contribution in [2.75, 3.05) is 27.0 Å². The van der Waals surface area contributed by atoms with Crippen molar-refractivity contribution >= 4 is 11.8 Å². The summed E-state index contributed by atoms with van der Waals surface area (Å²) in [6, 6.07) is 4.14. The predicted octanol–water partition coefficient (Wildman–Crippen LogP) is 3.20. The largest absolute Gasteiger partial charge is 0.497 e. The van der Waals surface area contributed by atoms with Crippen LogP contribution in [-0.2, 0) is 5.41 Å². The molecule has 0 amide bonds. The monoisotopic (exact) mass is 281 g/mol. The maximum atomic E-state index is 6.10. The maximum Gasteiger partial charge on any atom is 0.136 e. The second kappa shape index (κ2) is 6.06. The Hall–Kier alpha value is -0.870. The normalized spacial score (nSPS) is 17.5. The van der Waals surface area contributed by atoms with Gasteiger partial charge in [-0.05, 0) is 31.2 Å². The summed E-state index contributed by atoms with van der Waals surface area (Å²) in [4.78, 5) is 1.12. The van der Waals surface area contributed by atoms with Gasteiger partial charge in [-0.3, -0.25) is 0 Å². The zero-order valence-corrected chi connectivity index (χ0v) is 12.8. The molecule has 0 radical (unpaired) electrons. The zero-order valence-electron chi connectivity index (χ0n) is 12.0. The van der Waals surface area contributed by atoms with Crippen molar-refractivity contribution in [3.05, 3.63) is 17.7 Å². The first kappa shape index (κ1) is 14.5. The first-order chi connectivity index (χ1) is 9.20. The van der Waals surface area contributed by atoms with Gasteiger partial charge in [0.05, 0.1) is 19.1 Å². The number of rotatable bonds is 5. The van der Waals surface area contributed by atoms with Crippen molar-refractivity contribution in [2.45, 2.75) is 36.0 Å². The molecule has 1 fully saturated rings. The summed E-state index contributed by atoms with van der Waals surface area (Å²) in [5.74, 6) is 1.86. The van der Waals surface area contributed by atoms with Gasteiger partial charge in [0.15, 0.2) is 0 Å². The second-order valence-corrected chi connectivity index (χ2v) is 5.95. The van der Waals surface area contributed by atoms with Crippen LogP contribution < -0.4 is 15.2 Å². The van der Waals surface area contributed by atoms with Gasteiger partial charge < -0.3 is 15.2 Å². The lowest BCUT2D eigenvalue weighted by Gasteiger charge is -2.30. The van der Waals surface area contributed by atoms with Crippen LogP contribution in [0.4, 0.5) is 0 Å². The van der Waals surface area contributed by atoms with Crippen LogP contribution in [0.5, 0.6) is 11.5 Å². The number of hydrogen-bond donors (Lipinski definition) is 1. The lowest BCUT2D eigenvalue weighted by Crippen LogP contribution is -2.32. The lowest BCUT2D eigenvalue weighted by molar-refractivity contribution is 0.361. The van der Waals surface area contributed by atoms with Crippen molar-refractivity contribution in [3.8, 4) is 11.5 Å². The molecule has 0 heterocycles. The fourth-order valence-corrected chi connectivity index (χ4v) is 3.70. The van der Waals surface area contributed by atoms with Gasteiger partial charge in [0.1, 0.15) is 11.5 Å². The number of benzene rings is 1. The molecule has 4 heteroatoms. The molecule has 1 aliphatic carbocycles. The number of thioether (sulfide) groups is 1. The average molecular weight is 281 g/mol. The van der Waals surface area contributed by atoms with Crippen LogP contribution >= 0.6 is 11.8 Å². The van der Waals surface area contributed by atoms with Crippen LogP contribution in [0.3, 0.4) is 0 Å². The summed E-state index contributed by atoms with van der Waals surface area (Å²) in [5, 5.41) is 0. The summed E-state index contributed by atoms with van der Waals surface area (Å²) in [5.41, 5.74) is 7.39. The van der Waals surface area contributed by atoms with E-state index in [1.807, 2.05) is 6.07 Å². The molecule has 2 rings (SSSR count). The van der Waals surface area contributed by atoms with Crippen LogP contribution in [0.15, 0.2) is 17.0 Å². The van der Waals surface area contributed by atoms with Gasteiger partial charge in [-0.1, -0.05) is 12.8 Å². The first-order valence-corrected chi connectivity index (χ1v) is 7.94. The number of hydrogen-bond acceptors (Lipinski definition) is 4. The van der Waals surface area contributed by atoms with Gasteiger partial charge in [0.25, 0.3) is 0 Å². The molecule has 0 atom stereocenters. The molecule has 0 aliphatic heterocycles. The molecule has 1 aliphatic rings. The Morgan fingerprint density at radius 3 is 2.37 bits per heavy atom. The minimum atomic E-state index is 0.0599. The Morgan fingerprint density at radius 1 is 1.21 bits per heavy atom. The Kier molecular flexibility index (Phi) is 4.63. The fourth-order valence-electron chi connectivity index (χ4n) is 3.09. The molecular formula is C15H23NO2S. The topological polar surface area (TPSA) is 44.5 Å². The van der Waals surface area contributed by atoms with Crippen molar-refractivity contribution in [1.82, 2.24) is 0 Å². The van der Waals surface area contributed by atoms with Gasteiger partial charge in [0, 0.05) is 17.5 Å². The van der Waals surface area contributed by atoms with Crippen LogP contribution in [0, 0.1) is 0 Å². The standard InChI is InChI=1S/C15H23NO2S/c1-17-11-8-12(14(18-2)13(9-11)19-3)15(10-16)6-4-5-7-15/h8-9H,4-7,10,16H2,1-3H3. The van der Waals surface area contributed by atoms with Crippen molar-refractivity contribution in [2.24, 2.45) is 5.73 Å². The molecule has 2 N–H and O–H groups in total. The Balaban J connectivity index is 2.59. The third-order valence-corrected chi connectivity index (χ3v) is 4.95. The van der Waals surface area contributed by atoms with E-state index in [9.17, 15) is 0 Å². The van der Waals surface area contributed by atoms with E-state index in [4.69, 9.17) is 15.2 Å². The average Bonchev–Trinajstić information content (AvgIpc) is 2.95. The Morgan fingerprint density at radius 2 is 1.89 bits per heavy atom. The molecule has 1 saturated carbocycles. The van der Waals surface area contributed by atoms with E-state index in [0.29, 0.717) is 6.54 Å². The molecule has 0 bridgehead atoms. The zero-order chi connectivity index (χ0) is 13.9. The molecule has 1 aromatic rings. The van der Waals surface area contributed by atoms with E-state index in [2.05, 4.69) is 12.3 Å². The van der Waals surface area contributed by atoms with Crippen LogP contribution in [0.1, 0.15) is 31.2 Å². The summed E-state index contributed by atoms with van der Waals surface area (Å²) < 4.78 is 11.1. The van der Waals surface area contributed by atoms with Gasteiger partial charge in [-0.2, -0.15) is 0 Å². The van der Waals surface area contributed by atoms with Crippen LogP contribution in [-0.4, -0.2) is 27.0 Å². The quantitative estimate of drug-likeness (QED) is 0.842. The van der Waals surface area contributed by atoms with E-state index in [-0.39, 0.29) is 5.41 Å². The third kappa shape index (κ3) is 2.56. The molecule has 1 aromatic carbocycles. The van der Waals surface area contributed by atoms with Crippen molar-refractivity contribution < 1.29 is 9.47 Å². The summed E-state index contributed by atoms with van der Waals surface area (Å²) in [6.07, 6.45) is 6.82. The first-order valence-electron chi connectivity index (χ1n) is 6.71.